The first-order valence-corrected chi connectivity index (χ1v) is 7.30. The van der Waals surface area contributed by atoms with Crippen molar-refractivity contribution in [2.45, 2.75) is 13.0 Å². The predicted octanol–water partition coefficient (Wildman–Crippen LogP) is 5.02. The lowest BCUT2D eigenvalue weighted by molar-refractivity contribution is 0.619. The number of nitrogens with zero attached hydrogens (tertiary/aromatic N) is 1. The van der Waals surface area contributed by atoms with E-state index in [1.54, 1.807) is 6.07 Å². The smallest absolute Gasteiger partial charge is 0.139 e. The Kier molecular flexibility index (Phi) is 4.55. The van der Waals surface area contributed by atoms with Gasteiger partial charge in [-0.05, 0) is 40.5 Å². The lowest BCUT2D eigenvalue weighted by Gasteiger charge is -2.29. The van der Waals surface area contributed by atoms with Crippen molar-refractivity contribution >= 4 is 38.9 Å². The number of hydrogen-bond acceptors (Lipinski definition) is 2. The van der Waals surface area contributed by atoms with Gasteiger partial charge in [0.15, 0.2) is 0 Å². The van der Waals surface area contributed by atoms with E-state index in [2.05, 4.69) is 15.9 Å². The second kappa shape index (κ2) is 6.02. The Labute approximate surface area is 131 Å². The van der Waals surface area contributed by atoms with Crippen LogP contribution in [0.2, 0.25) is 5.02 Å². The number of anilines is 2. The molecule has 0 amide bonds. The first kappa shape index (κ1) is 15.1. The third-order valence-corrected chi connectivity index (χ3v) is 4.34. The van der Waals surface area contributed by atoms with E-state index in [9.17, 15) is 4.39 Å². The van der Waals surface area contributed by atoms with Gasteiger partial charge in [-0.3, -0.25) is 0 Å². The highest BCUT2D eigenvalue weighted by molar-refractivity contribution is 9.10. The van der Waals surface area contributed by atoms with E-state index in [1.165, 1.54) is 6.07 Å². The summed E-state index contributed by atoms with van der Waals surface area (Å²) in [5.74, 6) is -0.340. The SMILES string of the molecule is CC(c1ccccc1Cl)N(C)c1cc(F)c(Br)cc1N. The van der Waals surface area contributed by atoms with Gasteiger partial charge >= 0.3 is 0 Å². The van der Waals surface area contributed by atoms with Crippen LogP contribution in [0.1, 0.15) is 18.5 Å². The predicted molar refractivity (Wildman–Crippen MR) is 86.8 cm³/mol. The fourth-order valence-electron chi connectivity index (χ4n) is 2.09. The molecular weight excluding hydrogens is 343 g/mol. The van der Waals surface area contributed by atoms with Crippen LogP contribution in [0.5, 0.6) is 0 Å². The van der Waals surface area contributed by atoms with Gasteiger partial charge in [0.25, 0.3) is 0 Å². The molecule has 0 aliphatic carbocycles. The zero-order chi connectivity index (χ0) is 14.9. The molecule has 0 saturated heterocycles. The Morgan fingerprint density at radius 2 is 1.95 bits per heavy atom. The molecule has 0 aliphatic heterocycles. The zero-order valence-corrected chi connectivity index (χ0v) is 13.5. The van der Waals surface area contributed by atoms with Crippen molar-refractivity contribution in [2.75, 3.05) is 17.7 Å². The van der Waals surface area contributed by atoms with Crippen molar-refractivity contribution in [2.24, 2.45) is 0 Å². The molecule has 0 spiro atoms. The van der Waals surface area contributed by atoms with E-state index in [1.807, 2.05) is 43.1 Å². The molecule has 0 heterocycles. The maximum absolute atomic E-state index is 13.7. The molecule has 1 unspecified atom stereocenters. The van der Waals surface area contributed by atoms with E-state index in [0.29, 0.717) is 20.9 Å². The summed E-state index contributed by atoms with van der Waals surface area (Å²) in [4.78, 5) is 1.91. The molecule has 0 aliphatic rings. The molecule has 2 aromatic rings. The molecule has 0 fully saturated rings. The summed E-state index contributed by atoms with van der Waals surface area (Å²) in [5.41, 5.74) is 8.10. The van der Waals surface area contributed by atoms with Gasteiger partial charge in [0, 0.05) is 18.1 Å². The van der Waals surface area contributed by atoms with Crippen LogP contribution in [0.15, 0.2) is 40.9 Å². The highest BCUT2D eigenvalue weighted by Gasteiger charge is 2.18. The van der Waals surface area contributed by atoms with Crippen molar-refractivity contribution in [1.82, 2.24) is 0 Å². The number of halogens is 3. The van der Waals surface area contributed by atoms with Crippen LogP contribution in [-0.4, -0.2) is 7.05 Å². The molecule has 2 aromatic carbocycles. The summed E-state index contributed by atoms with van der Waals surface area (Å²) in [7, 11) is 1.87. The normalized spacial score (nSPS) is 12.2. The number of rotatable bonds is 3. The molecule has 20 heavy (non-hydrogen) atoms. The molecule has 5 heteroatoms. The van der Waals surface area contributed by atoms with Crippen LogP contribution < -0.4 is 10.6 Å². The van der Waals surface area contributed by atoms with Gasteiger partial charge in [-0.2, -0.15) is 0 Å². The average molecular weight is 358 g/mol. The summed E-state index contributed by atoms with van der Waals surface area (Å²) < 4.78 is 14.1. The summed E-state index contributed by atoms with van der Waals surface area (Å²) >= 11 is 9.34. The summed E-state index contributed by atoms with van der Waals surface area (Å²) in [5, 5.41) is 0.683. The minimum absolute atomic E-state index is 0.0217. The molecule has 0 radical (unpaired) electrons. The molecule has 2 rings (SSSR count). The van der Waals surface area contributed by atoms with Crippen molar-refractivity contribution in [3.05, 3.63) is 57.3 Å². The quantitative estimate of drug-likeness (QED) is 0.781. The van der Waals surface area contributed by atoms with Crippen LogP contribution in [0.3, 0.4) is 0 Å². The largest absolute Gasteiger partial charge is 0.397 e. The third kappa shape index (κ3) is 2.91. The maximum atomic E-state index is 13.7. The van der Waals surface area contributed by atoms with E-state index in [4.69, 9.17) is 17.3 Å². The molecule has 1 atom stereocenters. The van der Waals surface area contributed by atoms with E-state index < -0.39 is 0 Å². The van der Waals surface area contributed by atoms with E-state index >= 15 is 0 Å². The second-order valence-electron chi connectivity index (χ2n) is 4.63. The van der Waals surface area contributed by atoms with Crippen LogP contribution in [0.25, 0.3) is 0 Å². The average Bonchev–Trinajstić information content (AvgIpc) is 2.42. The van der Waals surface area contributed by atoms with Gasteiger partial charge in [0.05, 0.1) is 21.9 Å². The topological polar surface area (TPSA) is 29.3 Å². The van der Waals surface area contributed by atoms with Gasteiger partial charge in [-0.1, -0.05) is 29.8 Å². The van der Waals surface area contributed by atoms with Crippen LogP contribution in [-0.2, 0) is 0 Å². The standard InChI is InChI=1S/C15H15BrClFN2/c1-9(10-5-3-4-6-12(10)17)20(2)15-8-13(18)11(16)7-14(15)19/h3-9H,19H2,1-2H3. The fourth-order valence-corrected chi connectivity index (χ4v) is 2.74. The van der Waals surface area contributed by atoms with Crippen molar-refractivity contribution < 1.29 is 4.39 Å². The Balaban J connectivity index is 2.39. The Bertz CT molecular complexity index is 633. The minimum Gasteiger partial charge on any atom is -0.397 e. The zero-order valence-electron chi connectivity index (χ0n) is 11.2. The lowest BCUT2D eigenvalue weighted by Crippen LogP contribution is -2.23. The van der Waals surface area contributed by atoms with Crippen molar-refractivity contribution in [3.63, 3.8) is 0 Å². The summed E-state index contributed by atoms with van der Waals surface area (Å²) in [6.45, 7) is 2.00. The van der Waals surface area contributed by atoms with Crippen LogP contribution >= 0.6 is 27.5 Å². The molecule has 0 saturated carbocycles. The van der Waals surface area contributed by atoms with E-state index in [0.717, 1.165) is 5.56 Å². The molecular formula is C15H15BrClFN2. The minimum atomic E-state index is -0.340. The number of nitrogens with two attached hydrogens (primary N) is 1. The molecule has 0 bridgehead atoms. The van der Waals surface area contributed by atoms with Crippen molar-refractivity contribution in [1.29, 1.82) is 0 Å². The third-order valence-electron chi connectivity index (χ3n) is 3.39. The van der Waals surface area contributed by atoms with E-state index in [-0.39, 0.29) is 11.9 Å². The van der Waals surface area contributed by atoms with Crippen LogP contribution in [0.4, 0.5) is 15.8 Å². The Morgan fingerprint density at radius 3 is 2.60 bits per heavy atom. The van der Waals surface area contributed by atoms with Gasteiger partial charge in [0.2, 0.25) is 0 Å². The second-order valence-corrected chi connectivity index (χ2v) is 5.90. The highest BCUT2D eigenvalue weighted by atomic mass is 79.9. The monoisotopic (exact) mass is 356 g/mol. The molecule has 2 N–H and O–H groups in total. The number of benzene rings is 2. The van der Waals surface area contributed by atoms with Gasteiger partial charge < -0.3 is 10.6 Å². The first-order chi connectivity index (χ1) is 9.41. The maximum Gasteiger partial charge on any atom is 0.139 e. The van der Waals surface area contributed by atoms with Crippen molar-refractivity contribution in [3.8, 4) is 0 Å². The molecule has 0 aromatic heterocycles. The molecule has 2 nitrogen and oxygen atoms in total. The summed E-state index contributed by atoms with van der Waals surface area (Å²) in [6.07, 6.45) is 0. The molecule has 106 valence electrons. The number of nitrogen functional groups attached to an aromatic ring is 1. The number of hydrogen-bond donors (Lipinski definition) is 1. The van der Waals surface area contributed by atoms with Gasteiger partial charge in [-0.25, -0.2) is 4.39 Å². The van der Waals surface area contributed by atoms with Gasteiger partial charge in [0.1, 0.15) is 5.82 Å². The summed E-state index contributed by atoms with van der Waals surface area (Å²) in [6, 6.07) is 10.6. The highest BCUT2D eigenvalue weighted by Crippen LogP contribution is 2.35. The van der Waals surface area contributed by atoms with Crippen LogP contribution in [0, 0.1) is 5.82 Å². The fraction of sp³-hybridized carbons (Fsp3) is 0.200. The lowest BCUT2D eigenvalue weighted by atomic mass is 10.1. The van der Waals surface area contributed by atoms with Gasteiger partial charge in [-0.15, -0.1) is 0 Å². The Hall–Kier alpha value is -1.26. The first-order valence-electron chi connectivity index (χ1n) is 6.13. The Morgan fingerprint density at radius 1 is 1.30 bits per heavy atom.